The quantitative estimate of drug-likeness (QED) is 0.553. The Morgan fingerprint density at radius 3 is 2.38 bits per heavy atom. The maximum Gasteiger partial charge on any atom is 0.250 e. The first-order valence-corrected chi connectivity index (χ1v) is 9.62. The van der Waals surface area contributed by atoms with Crippen LogP contribution in [0.15, 0.2) is 42.5 Å². The van der Waals surface area contributed by atoms with E-state index in [0.29, 0.717) is 38.0 Å². The molecule has 7 nitrogen and oxygen atoms in total. The van der Waals surface area contributed by atoms with E-state index < -0.39 is 0 Å². The number of amides is 1. The van der Waals surface area contributed by atoms with Gasteiger partial charge in [0.25, 0.3) is 0 Å². The molecular weight excluding hydrogens is 414 g/mol. The first-order valence-electron chi connectivity index (χ1n) is 8.43. The van der Waals surface area contributed by atoms with Crippen LogP contribution in [0.25, 0.3) is 16.6 Å². The molecule has 0 radical (unpaired) electrons. The first kappa shape index (κ1) is 20.6. The highest BCUT2D eigenvalue weighted by Gasteiger charge is 2.13. The first-order chi connectivity index (χ1) is 14.0. The highest BCUT2D eigenvalue weighted by atomic mass is 35.5. The van der Waals surface area contributed by atoms with Crippen molar-refractivity contribution in [2.45, 2.75) is 0 Å². The summed E-state index contributed by atoms with van der Waals surface area (Å²) in [5.74, 6) is 1.14. The minimum atomic E-state index is -0.347. The van der Waals surface area contributed by atoms with Gasteiger partial charge < -0.3 is 14.2 Å². The normalized spacial score (nSPS) is 10.8. The molecule has 150 valence electrons. The third-order valence-corrected chi connectivity index (χ3v) is 5.08. The number of hydrogen-bond donors (Lipinski definition) is 1. The van der Waals surface area contributed by atoms with Gasteiger partial charge in [0.2, 0.25) is 16.8 Å². The Morgan fingerprint density at radius 2 is 1.76 bits per heavy atom. The van der Waals surface area contributed by atoms with Crippen molar-refractivity contribution in [3.63, 3.8) is 0 Å². The van der Waals surface area contributed by atoms with Gasteiger partial charge in [-0.3, -0.25) is 10.1 Å². The maximum absolute atomic E-state index is 12.3. The number of methoxy groups -OCH3 is 3. The van der Waals surface area contributed by atoms with E-state index in [9.17, 15) is 4.79 Å². The van der Waals surface area contributed by atoms with Crippen LogP contribution in [0, 0.1) is 0 Å². The molecule has 1 heterocycles. The molecule has 0 saturated carbocycles. The largest absolute Gasteiger partial charge is 0.493 e. The summed E-state index contributed by atoms with van der Waals surface area (Å²) in [6.07, 6.45) is 3.02. The number of nitrogens with one attached hydrogen (secondary N) is 1. The Kier molecular flexibility index (Phi) is 6.69. The zero-order valence-corrected chi connectivity index (χ0v) is 17.5. The molecule has 3 aromatic rings. The molecule has 2 aromatic carbocycles. The van der Waals surface area contributed by atoms with E-state index in [1.165, 1.54) is 38.7 Å². The SMILES string of the molecule is COc1cc(/C=C/C(=O)Nc2nnc(-c3ccccc3Cl)s2)cc(OC)c1OC. The van der Waals surface area contributed by atoms with E-state index in [2.05, 4.69) is 15.5 Å². The molecule has 1 N–H and O–H groups in total. The lowest BCUT2D eigenvalue weighted by Gasteiger charge is -2.12. The highest BCUT2D eigenvalue weighted by Crippen LogP contribution is 2.38. The molecule has 29 heavy (non-hydrogen) atoms. The lowest BCUT2D eigenvalue weighted by Crippen LogP contribution is -2.07. The van der Waals surface area contributed by atoms with Crippen molar-refractivity contribution in [2.24, 2.45) is 0 Å². The van der Waals surface area contributed by atoms with Crippen LogP contribution in [0.4, 0.5) is 5.13 Å². The summed E-state index contributed by atoms with van der Waals surface area (Å²) in [5, 5.41) is 12.3. The zero-order chi connectivity index (χ0) is 20.8. The molecule has 1 amide bonds. The van der Waals surface area contributed by atoms with Crippen LogP contribution in [0.5, 0.6) is 17.2 Å². The third kappa shape index (κ3) is 4.85. The number of carbonyl (C=O) groups is 1. The lowest BCUT2D eigenvalue weighted by atomic mass is 10.1. The minimum Gasteiger partial charge on any atom is -0.493 e. The Bertz CT molecular complexity index is 1030. The monoisotopic (exact) mass is 431 g/mol. The van der Waals surface area contributed by atoms with Crippen LogP contribution in [-0.2, 0) is 4.79 Å². The lowest BCUT2D eigenvalue weighted by molar-refractivity contribution is -0.111. The van der Waals surface area contributed by atoms with E-state index in [1.807, 2.05) is 18.2 Å². The third-order valence-electron chi connectivity index (χ3n) is 3.87. The highest BCUT2D eigenvalue weighted by molar-refractivity contribution is 7.18. The van der Waals surface area contributed by atoms with Crippen molar-refractivity contribution in [3.8, 4) is 27.8 Å². The molecule has 0 aliphatic rings. The van der Waals surface area contributed by atoms with Crippen molar-refractivity contribution in [3.05, 3.63) is 53.1 Å². The molecule has 0 saturated heterocycles. The molecule has 0 aliphatic carbocycles. The average molecular weight is 432 g/mol. The van der Waals surface area contributed by atoms with Crippen molar-refractivity contribution < 1.29 is 19.0 Å². The fourth-order valence-electron chi connectivity index (χ4n) is 2.53. The van der Waals surface area contributed by atoms with Crippen LogP contribution in [0.3, 0.4) is 0 Å². The van der Waals surface area contributed by atoms with Gasteiger partial charge in [0, 0.05) is 11.6 Å². The summed E-state index contributed by atoms with van der Waals surface area (Å²) in [6.45, 7) is 0. The number of nitrogens with zero attached hydrogens (tertiary/aromatic N) is 2. The van der Waals surface area contributed by atoms with Crippen molar-refractivity contribution in [2.75, 3.05) is 26.6 Å². The number of rotatable bonds is 7. The molecule has 9 heteroatoms. The number of anilines is 1. The number of carbonyl (C=O) groups excluding carboxylic acids is 1. The second kappa shape index (κ2) is 9.40. The summed E-state index contributed by atoms with van der Waals surface area (Å²) in [7, 11) is 4.59. The maximum atomic E-state index is 12.3. The van der Waals surface area contributed by atoms with Gasteiger partial charge in [-0.2, -0.15) is 0 Å². The van der Waals surface area contributed by atoms with Gasteiger partial charge in [0.15, 0.2) is 16.5 Å². The number of benzene rings is 2. The van der Waals surface area contributed by atoms with Crippen LogP contribution < -0.4 is 19.5 Å². The van der Waals surface area contributed by atoms with E-state index >= 15 is 0 Å². The number of aromatic nitrogens is 2. The second-order valence-corrected chi connectivity index (χ2v) is 7.06. The van der Waals surface area contributed by atoms with Gasteiger partial charge in [-0.15, -0.1) is 10.2 Å². The predicted molar refractivity (Wildman–Crippen MR) is 114 cm³/mol. The van der Waals surface area contributed by atoms with Crippen molar-refractivity contribution >= 4 is 40.1 Å². The topological polar surface area (TPSA) is 82.6 Å². The van der Waals surface area contributed by atoms with Crippen molar-refractivity contribution in [1.29, 1.82) is 0 Å². The molecule has 0 atom stereocenters. The summed E-state index contributed by atoms with van der Waals surface area (Å²) in [4.78, 5) is 12.3. The Balaban J connectivity index is 1.73. The minimum absolute atomic E-state index is 0.347. The summed E-state index contributed by atoms with van der Waals surface area (Å²) in [5.41, 5.74) is 1.48. The van der Waals surface area contributed by atoms with Crippen LogP contribution in [-0.4, -0.2) is 37.4 Å². The molecule has 0 spiro atoms. The van der Waals surface area contributed by atoms with Gasteiger partial charge in [-0.05, 0) is 29.8 Å². The van der Waals surface area contributed by atoms with Crippen LogP contribution >= 0.6 is 22.9 Å². The summed E-state index contributed by atoms with van der Waals surface area (Å²) >= 11 is 7.41. The smallest absolute Gasteiger partial charge is 0.250 e. The molecule has 0 fully saturated rings. The average Bonchev–Trinajstić information content (AvgIpc) is 3.19. The van der Waals surface area contributed by atoms with Crippen LogP contribution in [0.2, 0.25) is 5.02 Å². The molecule has 0 aliphatic heterocycles. The number of halogens is 1. The van der Waals surface area contributed by atoms with E-state index in [-0.39, 0.29) is 5.91 Å². The van der Waals surface area contributed by atoms with Gasteiger partial charge in [-0.1, -0.05) is 41.1 Å². The Hall–Kier alpha value is -3.10. The van der Waals surface area contributed by atoms with Crippen LogP contribution in [0.1, 0.15) is 5.56 Å². The molecule has 0 bridgehead atoms. The zero-order valence-electron chi connectivity index (χ0n) is 15.9. The summed E-state index contributed by atoms with van der Waals surface area (Å²) < 4.78 is 15.9. The molecular formula is C20H18ClN3O4S. The molecule has 0 unspecified atom stereocenters. The van der Waals surface area contributed by atoms with Gasteiger partial charge >= 0.3 is 0 Å². The summed E-state index contributed by atoms with van der Waals surface area (Å²) in [6, 6.07) is 10.8. The van der Waals surface area contributed by atoms with Crippen molar-refractivity contribution in [1.82, 2.24) is 10.2 Å². The van der Waals surface area contributed by atoms with Gasteiger partial charge in [0.1, 0.15) is 0 Å². The number of hydrogen-bond acceptors (Lipinski definition) is 7. The fourth-order valence-corrected chi connectivity index (χ4v) is 3.60. The fraction of sp³-hybridized carbons (Fsp3) is 0.150. The predicted octanol–water partition coefficient (Wildman–Crippen LogP) is 4.54. The Labute approximate surface area is 176 Å². The second-order valence-electron chi connectivity index (χ2n) is 5.67. The Morgan fingerprint density at radius 1 is 1.07 bits per heavy atom. The standard InChI is InChI=1S/C20H18ClN3O4S/c1-26-15-10-12(11-16(27-2)18(15)28-3)8-9-17(25)22-20-24-23-19(29-20)13-6-4-5-7-14(13)21/h4-11H,1-3H3,(H,22,24,25)/b9-8+. The molecule has 1 aromatic heterocycles. The van der Waals surface area contributed by atoms with Gasteiger partial charge in [0.05, 0.1) is 26.4 Å². The van der Waals surface area contributed by atoms with E-state index in [4.69, 9.17) is 25.8 Å². The van der Waals surface area contributed by atoms with E-state index in [0.717, 1.165) is 5.56 Å². The molecule has 3 rings (SSSR count). The van der Waals surface area contributed by atoms with E-state index in [1.54, 1.807) is 24.3 Å². The number of ether oxygens (including phenoxy) is 3. The van der Waals surface area contributed by atoms with Gasteiger partial charge in [-0.25, -0.2) is 0 Å².